The van der Waals surface area contributed by atoms with Crippen molar-refractivity contribution >= 4 is 23.3 Å². The van der Waals surface area contributed by atoms with Crippen LogP contribution in [0.3, 0.4) is 0 Å². The van der Waals surface area contributed by atoms with Gasteiger partial charge in [-0.15, -0.1) is 0 Å². The minimum atomic E-state index is -0.660. The zero-order chi connectivity index (χ0) is 19.2. The maximum atomic E-state index is 11.9. The van der Waals surface area contributed by atoms with Gasteiger partial charge in [-0.05, 0) is 61.6 Å². The molecule has 0 heterocycles. The number of benzene rings is 2. The number of anilines is 1. The molecule has 0 spiro atoms. The van der Waals surface area contributed by atoms with E-state index >= 15 is 0 Å². The molecule has 2 aromatic carbocycles. The smallest absolute Gasteiger partial charge is 0.344 e. The van der Waals surface area contributed by atoms with E-state index in [9.17, 15) is 14.4 Å². The number of ether oxygens (including phenoxy) is 2. The lowest BCUT2D eigenvalue weighted by Crippen LogP contribution is -2.23. The fourth-order valence-corrected chi connectivity index (χ4v) is 2.98. The molecule has 0 radical (unpaired) electrons. The molecule has 0 saturated carbocycles. The normalized spacial score (nSPS) is 12.2. The number of amides is 1. The van der Waals surface area contributed by atoms with Crippen LogP contribution in [0.5, 0.6) is 5.75 Å². The van der Waals surface area contributed by atoms with Gasteiger partial charge in [0.2, 0.25) is 0 Å². The Bertz CT molecular complexity index is 875. The van der Waals surface area contributed by atoms with Crippen molar-refractivity contribution in [2.45, 2.75) is 26.2 Å². The highest BCUT2D eigenvalue weighted by Gasteiger charge is 2.13. The molecule has 0 saturated heterocycles. The molecule has 0 bridgehead atoms. The van der Waals surface area contributed by atoms with Crippen LogP contribution in [0.15, 0.2) is 42.5 Å². The molecule has 6 nitrogen and oxygen atoms in total. The average molecular weight is 367 g/mol. The van der Waals surface area contributed by atoms with Crippen LogP contribution < -0.4 is 10.1 Å². The van der Waals surface area contributed by atoms with Gasteiger partial charge in [-0.25, -0.2) is 4.79 Å². The minimum Gasteiger partial charge on any atom is -0.482 e. The van der Waals surface area contributed by atoms with Crippen LogP contribution in [-0.4, -0.2) is 30.9 Å². The van der Waals surface area contributed by atoms with Crippen LogP contribution in [0.2, 0.25) is 0 Å². The first-order valence-electron chi connectivity index (χ1n) is 8.82. The van der Waals surface area contributed by atoms with E-state index in [0.717, 1.165) is 19.3 Å². The van der Waals surface area contributed by atoms with Crippen LogP contribution >= 0.6 is 0 Å². The van der Waals surface area contributed by atoms with E-state index in [4.69, 9.17) is 9.47 Å². The van der Waals surface area contributed by atoms with Crippen LogP contribution in [0.4, 0.5) is 5.69 Å². The van der Waals surface area contributed by atoms with E-state index in [1.165, 1.54) is 18.1 Å². The second kappa shape index (κ2) is 8.49. The van der Waals surface area contributed by atoms with Gasteiger partial charge in [0.25, 0.3) is 5.91 Å². The Kier molecular flexibility index (Phi) is 5.86. The largest absolute Gasteiger partial charge is 0.482 e. The maximum Gasteiger partial charge on any atom is 0.344 e. The molecule has 1 aliphatic carbocycles. The van der Waals surface area contributed by atoms with E-state index < -0.39 is 11.9 Å². The molecule has 140 valence electrons. The van der Waals surface area contributed by atoms with E-state index in [-0.39, 0.29) is 19.0 Å². The monoisotopic (exact) mass is 367 g/mol. The summed E-state index contributed by atoms with van der Waals surface area (Å²) in [4.78, 5) is 35.0. The van der Waals surface area contributed by atoms with Crippen molar-refractivity contribution in [1.82, 2.24) is 0 Å². The summed E-state index contributed by atoms with van der Waals surface area (Å²) >= 11 is 0. The number of Topliss-reactive ketones (excluding diaryl/α,β-unsaturated/α-hetero) is 1. The zero-order valence-electron chi connectivity index (χ0n) is 15.1. The van der Waals surface area contributed by atoms with E-state index in [1.54, 1.807) is 24.3 Å². The van der Waals surface area contributed by atoms with Gasteiger partial charge in [-0.1, -0.05) is 18.2 Å². The SMILES string of the molecule is CC(=O)c1cccc(OCC(=O)OCC(=O)Nc2ccc3c(c2)CCC3)c1. The van der Waals surface area contributed by atoms with Gasteiger partial charge in [0.05, 0.1) is 0 Å². The summed E-state index contributed by atoms with van der Waals surface area (Å²) in [5.74, 6) is -0.763. The molecule has 2 aromatic rings. The van der Waals surface area contributed by atoms with Gasteiger partial charge in [0.15, 0.2) is 19.0 Å². The number of nitrogens with one attached hydrogen (secondary N) is 1. The maximum absolute atomic E-state index is 11.9. The van der Waals surface area contributed by atoms with Crippen molar-refractivity contribution in [3.05, 3.63) is 59.2 Å². The second-order valence-corrected chi connectivity index (χ2v) is 6.42. The fraction of sp³-hybridized carbons (Fsp3) is 0.286. The van der Waals surface area contributed by atoms with Crippen LogP contribution in [-0.2, 0) is 27.2 Å². The summed E-state index contributed by atoms with van der Waals surface area (Å²) in [7, 11) is 0. The Labute approximate surface area is 157 Å². The molecule has 0 unspecified atom stereocenters. The van der Waals surface area contributed by atoms with E-state index in [2.05, 4.69) is 5.32 Å². The van der Waals surface area contributed by atoms with Gasteiger partial charge in [-0.2, -0.15) is 0 Å². The molecule has 0 fully saturated rings. The fourth-order valence-electron chi connectivity index (χ4n) is 2.98. The quantitative estimate of drug-likeness (QED) is 0.601. The third-order valence-electron chi connectivity index (χ3n) is 4.34. The minimum absolute atomic E-state index is 0.0914. The summed E-state index contributed by atoms with van der Waals surface area (Å²) in [5, 5.41) is 2.73. The number of carbonyl (C=O) groups excluding carboxylic acids is 3. The predicted molar refractivity (Wildman–Crippen MR) is 100.0 cm³/mol. The lowest BCUT2D eigenvalue weighted by Gasteiger charge is -2.09. The number of ketones is 1. The van der Waals surface area contributed by atoms with E-state index in [1.807, 2.05) is 18.2 Å². The summed E-state index contributed by atoms with van der Waals surface area (Å²) in [6.07, 6.45) is 3.24. The van der Waals surface area contributed by atoms with Gasteiger partial charge in [-0.3, -0.25) is 9.59 Å². The topological polar surface area (TPSA) is 81.7 Å². The van der Waals surface area contributed by atoms with Crippen LogP contribution in [0, 0.1) is 0 Å². The third-order valence-corrected chi connectivity index (χ3v) is 4.34. The highest BCUT2D eigenvalue weighted by molar-refractivity contribution is 5.94. The number of hydrogen-bond acceptors (Lipinski definition) is 5. The summed E-state index contributed by atoms with van der Waals surface area (Å²) in [6.45, 7) is 0.729. The first-order chi connectivity index (χ1) is 13.0. The molecule has 1 N–H and O–H groups in total. The lowest BCUT2D eigenvalue weighted by atomic mass is 10.1. The number of esters is 1. The molecule has 1 aliphatic rings. The summed E-state index contributed by atoms with van der Waals surface area (Å²) in [5.41, 5.74) is 3.78. The first-order valence-corrected chi connectivity index (χ1v) is 8.82. The molecule has 27 heavy (non-hydrogen) atoms. The van der Waals surface area contributed by atoms with Crippen LogP contribution in [0.1, 0.15) is 34.8 Å². The number of fused-ring (bicyclic) bond motifs is 1. The number of carbonyl (C=O) groups is 3. The standard InChI is InChI=1S/C21H21NO5/c1-14(23)16-5-3-7-19(11-16)26-13-21(25)27-12-20(24)22-18-9-8-15-4-2-6-17(15)10-18/h3,5,7-11H,2,4,6,12-13H2,1H3,(H,22,24). The Morgan fingerprint density at radius 1 is 1.00 bits per heavy atom. The molecule has 0 atom stereocenters. The van der Waals surface area contributed by atoms with Gasteiger partial charge in [0, 0.05) is 11.3 Å². The average Bonchev–Trinajstić information content (AvgIpc) is 3.12. The van der Waals surface area contributed by atoms with Crippen molar-refractivity contribution in [3.8, 4) is 5.75 Å². The molecule has 3 rings (SSSR count). The Balaban J connectivity index is 1.43. The second-order valence-electron chi connectivity index (χ2n) is 6.42. The molecule has 1 amide bonds. The molecule has 6 heteroatoms. The zero-order valence-corrected chi connectivity index (χ0v) is 15.1. The Morgan fingerprint density at radius 2 is 1.81 bits per heavy atom. The van der Waals surface area contributed by atoms with Crippen molar-refractivity contribution in [2.75, 3.05) is 18.5 Å². The van der Waals surface area contributed by atoms with Crippen molar-refractivity contribution < 1.29 is 23.9 Å². The Hall–Kier alpha value is -3.15. The molecular weight excluding hydrogens is 346 g/mol. The van der Waals surface area contributed by atoms with Crippen molar-refractivity contribution in [2.24, 2.45) is 0 Å². The number of hydrogen-bond donors (Lipinski definition) is 1. The molecular formula is C21H21NO5. The lowest BCUT2D eigenvalue weighted by molar-refractivity contribution is -0.149. The van der Waals surface area contributed by atoms with Gasteiger partial charge in [0.1, 0.15) is 5.75 Å². The Morgan fingerprint density at radius 3 is 2.63 bits per heavy atom. The van der Waals surface area contributed by atoms with Crippen molar-refractivity contribution in [1.29, 1.82) is 0 Å². The third kappa shape index (κ3) is 5.17. The highest BCUT2D eigenvalue weighted by atomic mass is 16.6. The van der Waals surface area contributed by atoms with Gasteiger partial charge >= 0.3 is 5.97 Å². The van der Waals surface area contributed by atoms with E-state index in [0.29, 0.717) is 17.0 Å². The van der Waals surface area contributed by atoms with Crippen molar-refractivity contribution in [3.63, 3.8) is 0 Å². The predicted octanol–water partition coefficient (Wildman–Crippen LogP) is 2.94. The first kappa shape index (κ1) is 18.6. The van der Waals surface area contributed by atoms with Gasteiger partial charge < -0.3 is 14.8 Å². The number of aryl methyl sites for hydroxylation is 2. The summed E-state index contributed by atoms with van der Waals surface area (Å²) < 4.78 is 10.2. The summed E-state index contributed by atoms with van der Waals surface area (Å²) in [6, 6.07) is 12.4. The molecule has 0 aliphatic heterocycles. The molecule has 0 aromatic heterocycles. The van der Waals surface area contributed by atoms with Crippen LogP contribution in [0.25, 0.3) is 0 Å². The highest BCUT2D eigenvalue weighted by Crippen LogP contribution is 2.24. The number of rotatable bonds is 7.